The second-order valence-corrected chi connectivity index (χ2v) is 10.1. The van der Waals surface area contributed by atoms with E-state index in [1.54, 1.807) is 39.3 Å². The van der Waals surface area contributed by atoms with Gasteiger partial charge >= 0.3 is 6.18 Å². The number of hydrogen-bond donors (Lipinski definition) is 1. The van der Waals surface area contributed by atoms with E-state index >= 15 is 0 Å². The summed E-state index contributed by atoms with van der Waals surface area (Å²) in [6, 6.07) is 6.41. The lowest BCUT2D eigenvalue weighted by atomic mass is 10.1. The summed E-state index contributed by atoms with van der Waals surface area (Å²) < 4.78 is 48.8. The Kier molecular flexibility index (Phi) is 6.20. The van der Waals surface area contributed by atoms with Gasteiger partial charge in [0.25, 0.3) is 0 Å². The van der Waals surface area contributed by atoms with Gasteiger partial charge in [0.1, 0.15) is 29.1 Å². The van der Waals surface area contributed by atoms with Crippen molar-refractivity contribution in [3.8, 4) is 34.4 Å². The molecule has 1 fully saturated rings. The first kappa shape index (κ1) is 25.8. The maximum atomic E-state index is 13.3. The van der Waals surface area contributed by atoms with E-state index in [2.05, 4.69) is 19.9 Å². The van der Waals surface area contributed by atoms with Gasteiger partial charge in [-0.15, -0.1) is 0 Å². The van der Waals surface area contributed by atoms with Crippen LogP contribution < -0.4 is 4.74 Å². The van der Waals surface area contributed by atoms with Gasteiger partial charge in [0.15, 0.2) is 11.5 Å². The first-order valence-electron chi connectivity index (χ1n) is 12.8. The van der Waals surface area contributed by atoms with Crippen LogP contribution in [-0.2, 0) is 12.7 Å². The van der Waals surface area contributed by atoms with E-state index in [0.717, 1.165) is 30.1 Å². The Balaban J connectivity index is 1.35. The third-order valence-corrected chi connectivity index (χ3v) is 6.99. The third kappa shape index (κ3) is 4.63. The van der Waals surface area contributed by atoms with E-state index < -0.39 is 11.9 Å². The van der Waals surface area contributed by atoms with Gasteiger partial charge in [-0.05, 0) is 38.8 Å². The molecule has 9 nitrogen and oxygen atoms in total. The monoisotopic (exact) mass is 549 g/mol. The van der Waals surface area contributed by atoms with Crippen LogP contribution in [0.3, 0.4) is 0 Å². The van der Waals surface area contributed by atoms with Crippen LogP contribution in [0.4, 0.5) is 13.2 Å². The first-order chi connectivity index (χ1) is 19.1. The van der Waals surface area contributed by atoms with Crippen molar-refractivity contribution >= 4 is 11.0 Å². The van der Waals surface area contributed by atoms with Crippen LogP contribution in [0.2, 0.25) is 0 Å². The van der Waals surface area contributed by atoms with Gasteiger partial charge < -0.3 is 19.0 Å². The fourth-order valence-corrected chi connectivity index (χ4v) is 4.79. The molecule has 206 valence electrons. The summed E-state index contributed by atoms with van der Waals surface area (Å²) in [5.41, 5.74) is 2.17. The minimum atomic E-state index is -4.57. The summed E-state index contributed by atoms with van der Waals surface area (Å²) in [4.78, 5) is 21.9. The van der Waals surface area contributed by atoms with Gasteiger partial charge in [-0.25, -0.2) is 24.9 Å². The third-order valence-electron chi connectivity index (χ3n) is 6.99. The molecule has 0 bridgehead atoms. The van der Waals surface area contributed by atoms with Crippen molar-refractivity contribution in [1.82, 2.24) is 34.1 Å². The molecule has 0 atom stereocenters. The van der Waals surface area contributed by atoms with Gasteiger partial charge in [0.05, 0.1) is 19.3 Å². The van der Waals surface area contributed by atoms with Crippen molar-refractivity contribution in [3.63, 3.8) is 0 Å². The Labute approximate surface area is 227 Å². The number of nitrogens with zero attached hydrogens (tertiary/aromatic N) is 7. The van der Waals surface area contributed by atoms with Crippen molar-refractivity contribution in [1.29, 1.82) is 0 Å². The molecule has 12 heteroatoms. The number of hydrogen-bond acceptors (Lipinski definition) is 7. The average molecular weight is 550 g/mol. The van der Waals surface area contributed by atoms with Crippen LogP contribution in [0.25, 0.3) is 33.8 Å². The molecule has 4 aromatic heterocycles. The van der Waals surface area contributed by atoms with Gasteiger partial charge in [-0.2, -0.15) is 13.2 Å². The fraction of sp³-hybridized carbons (Fsp3) is 0.321. The van der Waals surface area contributed by atoms with Crippen LogP contribution in [0.5, 0.6) is 11.6 Å². The molecular weight excluding hydrogens is 523 g/mol. The minimum absolute atomic E-state index is 0.0605. The Morgan fingerprint density at radius 3 is 2.58 bits per heavy atom. The van der Waals surface area contributed by atoms with E-state index in [1.807, 2.05) is 16.8 Å². The number of aromatic nitrogens is 7. The van der Waals surface area contributed by atoms with Gasteiger partial charge in [0.2, 0.25) is 5.88 Å². The SMILES string of the molecule is COc1ncnc(C2CC2)c1-c1ncc2ccn(Cc3ccc(-c4nc(C(F)(F)F)cn4C(C)C)cc3O)c2n1. The number of phenolic OH excluding ortho intramolecular Hbond substituents is 1. The minimum Gasteiger partial charge on any atom is -0.508 e. The molecule has 0 amide bonds. The molecule has 6 rings (SSSR count). The number of fused-ring (bicyclic) bond motifs is 1. The van der Waals surface area contributed by atoms with E-state index in [4.69, 9.17) is 9.72 Å². The predicted molar refractivity (Wildman–Crippen MR) is 141 cm³/mol. The normalized spacial score (nSPS) is 13.9. The number of halogens is 3. The number of phenols is 1. The summed E-state index contributed by atoms with van der Waals surface area (Å²) in [6.45, 7) is 3.82. The molecule has 1 aliphatic rings. The number of ether oxygens (including phenoxy) is 1. The molecule has 40 heavy (non-hydrogen) atoms. The zero-order valence-corrected chi connectivity index (χ0v) is 22.0. The molecule has 0 saturated heterocycles. The highest BCUT2D eigenvalue weighted by Gasteiger charge is 2.35. The van der Waals surface area contributed by atoms with Crippen molar-refractivity contribution in [3.05, 3.63) is 66.1 Å². The lowest BCUT2D eigenvalue weighted by Gasteiger charge is -2.13. The molecule has 0 radical (unpaired) electrons. The Morgan fingerprint density at radius 2 is 1.90 bits per heavy atom. The Bertz CT molecular complexity index is 1720. The summed E-state index contributed by atoms with van der Waals surface area (Å²) in [5.74, 6) is 1.27. The summed E-state index contributed by atoms with van der Waals surface area (Å²) >= 11 is 0. The molecule has 0 spiro atoms. The first-order valence-corrected chi connectivity index (χ1v) is 12.8. The number of aromatic hydroxyl groups is 1. The van der Waals surface area contributed by atoms with Crippen molar-refractivity contribution < 1.29 is 23.0 Å². The number of imidazole rings is 1. The molecule has 4 heterocycles. The highest BCUT2D eigenvalue weighted by atomic mass is 19.4. The highest BCUT2D eigenvalue weighted by Crippen LogP contribution is 2.45. The number of alkyl halides is 3. The highest BCUT2D eigenvalue weighted by molar-refractivity contribution is 5.79. The van der Waals surface area contributed by atoms with Crippen LogP contribution in [0, 0.1) is 0 Å². The second kappa shape index (κ2) is 9.61. The summed E-state index contributed by atoms with van der Waals surface area (Å²) in [5, 5.41) is 11.7. The molecule has 0 unspecified atom stereocenters. The molecular formula is C28H26F3N7O2. The zero-order valence-electron chi connectivity index (χ0n) is 22.0. The second-order valence-electron chi connectivity index (χ2n) is 10.1. The maximum absolute atomic E-state index is 13.3. The van der Waals surface area contributed by atoms with E-state index in [1.165, 1.54) is 17.0 Å². The fourth-order valence-electron chi connectivity index (χ4n) is 4.79. The van der Waals surface area contributed by atoms with Crippen molar-refractivity contribution in [2.45, 2.75) is 51.4 Å². The lowest BCUT2D eigenvalue weighted by Crippen LogP contribution is -2.05. The zero-order chi connectivity index (χ0) is 28.2. The largest absolute Gasteiger partial charge is 0.508 e. The topological polar surface area (TPSA) is 104 Å². The van der Waals surface area contributed by atoms with Crippen LogP contribution in [0.1, 0.15) is 55.6 Å². The molecule has 1 N–H and O–H groups in total. The molecule has 0 aliphatic heterocycles. The molecule has 1 aromatic carbocycles. The van der Waals surface area contributed by atoms with Crippen LogP contribution in [-0.4, -0.2) is 46.3 Å². The lowest BCUT2D eigenvalue weighted by molar-refractivity contribution is -0.140. The maximum Gasteiger partial charge on any atom is 0.434 e. The van der Waals surface area contributed by atoms with Gasteiger partial charge in [-0.3, -0.25) is 0 Å². The Morgan fingerprint density at radius 1 is 1.10 bits per heavy atom. The van der Waals surface area contributed by atoms with Crippen LogP contribution in [0.15, 0.2) is 49.2 Å². The van der Waals surface area contributed by atoms with Crippen molar-refractivity contribution in [2.24, 2.45) is 0 Å². The quantitative estimate of drug-likeness (QED) is 0.266. The number of methoxy groups -OCH3 is 1. The summed E-state index contributed by atoms with van der Waals surface area (Å²) in [6.07, 6.45) is 3.56. The molecule has 1 aliphatic carbocycles. The molecule has 5 aromatic rings. The number of benzene rings is 1. The van der Waals surface area contributed by atoms with Gasteiger partial charge in [0, 0.05) is 47.1 Å². The summed E-state index contributed by atoms with van der Waals surface area (Å²) in [7, 11) is 1.55. The van der Waals surface area contributed by atoms with E-state index in [0.29, 0.717) is 40.0 Å². The standard InChI is InChI=1S/C28H26F3N7O2/c1-15(2)38-13-21(28(29,30)31)35-26(38)17-6-7-19(20(39)10-17)12-37-9-8-18-11-32-24(36-25(18)37)22-23(16-4-5-16)33-14-34-27(22)40-3/h6-11,13-16,39H,4-5,12H2,1-3H3. The average Bonchev–Trinajstić information content (AvgIpc) is 3.53. The molecule has 1 saturated carbocycles. The van der Waals surface area contributed by atoms with E-state index in [-0.39, 0.29) is 24.2 Å². The van der Waals surface area contributed by atoms with Crippen molar-refractivity contribution in [2.75, 3.05) is 7.11 Å². The van der Waals surface area contributed by atoms with Gasteiger partial charge in [-0.1, -0.05) is 12.1 Å². The van der Waals surface area contributed by atoms with Crippen LogP contribution >= 0.6 is 0 Å². The number of rotatable bonds is 7. The predicted octanol–water partition coefficient (Wildman–Crippen LogP) is 5.99. The van der Waals surface area contributed by atoms with E-state index in [9.17, 15) is 18.3 Å². The Hall–Kier alpha value is -4.48. The smallest absolute Gasteiger partial charge is 0.434 e.